The Morgan fingerprint density at radius 1 is 1.33 bits per heavy atom. The molecule has 0 atom stereocenters. The molecule has 0 aliphatic heterocycles. The molecule has 2 rings (SSSR count). The minimum Gasteiger partial charge on any atom is -0.490 e. The van der Waals surface area contributed by atoms with Crippen molar-refractivity contribution in [1.29, 1.82) is 0 Å². The zero-order valence-corrected chi connectivity index (χ0v) is 9.13. The van der Waals surface area contributed by atoms with Crippen molar-refractivity contribution in [2.75, 3.05) is 6.61 Å². The van der Waals surface area contributed by atoms with Gasteiger partial charge in [-0.1, -0.05) is 18.9 Å². The Morgan fingerprint density at radius 2 is 2.07 bits per heavy atom. The fourth-order valence-corrected chi connectivity index (χ4v) is 2.11. The summed E-state index contributed by atoms with van der Waals surface area (Å²) >= 11 is 0. The van der Waals surface area contributed by atoms with Gasteiger partial charge in [0.05, 0.1) is 6.61 Å². The molecular formula is C13H17FO. The third-order valence-electron chi connectivity index (χ3n) is 3.04. The Balaban J connectivity index is 1.94. The average Bonchev–Trinajstić information content (AvgIpc) is 2.72. The zero-order chi connectivity index (χ0) is 10.7. The van der Waals surface area contributed by atoms with Crippen LogP contribution >= 0.6 is 0 Å². The van der Waals surface area contributed by atoms with Crippen LogP contribution < -0.4 is 4.74 Å². The van der Waals surface area contributed by atoms with Gasteiger partial charge in [-0.3, -0.25) is 0 Å². The van der Waals surface area contributed by atoms with Crippen molar-refractivity contribution in [2.45, 2.75) is 32.6 Å². The standard InChI is InChI=1S/C13H17FO/c1-10-6-7-12(14)13(8-10)15-9-11-4-2-3-5-11/h6-8,11H,2-5,9H2,1H3. The highest BCUT2D eigenvalue weighted by Gasteiger charge is 2.16. The molecule has 82 valence electrons. The lowest BCUT2D eigenvalue weighted by Crippen LogP contribution is -2.08. The summed E-state index contributed by atoms with van der Waals surface area (Å²) in [5, 5.41) is 0. The van der Waals surface area contributed by atoms with Crippen LogP contribution in [0.5, 0.6) is 5.75 Å². The van der Waals surface area contributed by atoms with Gasteiger partial charge in [-0.25, -0.2) is 4.39 Å². The van der Waals surface area contributed by atoms with E-state index in [9.17, 15) is 4.39 Å². The Morgan fingerprint density at radius 3 is 2.80 bits per heavy atom. The van der Waals surface area contributed by atoms with Crippen molar-refractivity contribution in [2.24, 2.45) is 5.92 Å². The maximum absolute atomic E-state index is 13.3. The monoisotopic (exact) mass is 208 g/mol. The summed E-state index contributed by atoms with van der Waals surface area (Å²) < 4.78 is 18.8. The predicted molar refractivity (Wildman–Crippen MR) is 58.6 cm³/mol. The molecule has 1 saturated carbocycles. The maximum atomic E-state index is 13.3. The van der Waals surface area contributed by atoms with Gasteiger partial charge >= 0.3 is 0 Å². The van der Waals surface area contributed by atoms with Crippen LogP contribution in [0.1, 0.15) is 31.2 Å². The van der Waals surface area contributed by atoms with E-state index in [1.54, 1.807) is 12.1 Å². The highest BCUT2D eigenvalue weighted by molar-refractivity contribution is 5.29. The molecule has 1 fully saturated rings. The van der Waals surface area contributed by atoms with Crippen molar-refractivity contribution >= 4 is 0 Å². The van der Waals surface area contributed by atoms with Crippen molar-refractivity contribution in [1.82, 2.24) is 0 Å². The first-order valence-corrected chi connectivity index (χ1v) is 5.64. The molecule has 1 nitrogen and oxygen atoms in total. The van der Waals surface area contributed by atoms with Crippen molar-refractivity contribution in [3.8, 4) is 5.75 Å². The fraction of sp³-hybridized carbons (Fsp3) is 0.538. The number of hydrogen-bond acceptors (Lipinski definition) is 1. The van der Waals surface area contributed by atoms with Gasteiger partial charge < -0.3 is 4.74 Å². The lowest BCUT2D eigenvalue weighted by Gasteiger charge is -2.12. The summed E-state index contributed by atoms with van der Waals surface area (Å²) in [5.41, 5.74) is 1.04. The summed E-state index contributed by atoms with van der Waals surface area (Å²) in [6.45, 7) is 2.61. The van der Waals surface area contributed by atoms with E-state index in [4.69, 9.17) is 4.74 Å². The molecule has 0 radical (unpaired) electrons. The molecule has 0 amide bonds. The Labute approximate surface area is 90.3 Å². The quantitative estimate of drug-likeness (QED) is 0.736. The van der Waals surface area contributed by atoms with E-state index in [0.29, 0.717) is 18.3 Å². The van der Waals surface area contributed by atoms with Crippen LogP contribution in [0.4, 0.5) is 4.39 Å². The molecule has 1 aliphatic carbocycles. The van der Waals surface area contributed by atoms with Crippen molar-refractivity contribution in [3.63, 3.8) is 0 Å². The normalized spacial score (nSPS) is 16.9. The molecule has 0 spiro atoms. The summed E-state index contributed by atoms with van der Waals surface area (Å²) in [6, 6.07) is 5.00. The highest BCUT2D eigenvalue weighted by Crippen LogP contribution is 2.26. The van der Waals surface area contributed by atoms with Crippen LogP contribution in [0.25, 0.3) is 0 Å². The first-order chi connectivity index (χ1) is 7.25. The van der Waals surface area contributed by atoms with Gasteiger partial charge in [0.25, 0.3) is 0 Å². The van der Waals surface area contributed by atoms with Crippen LogP contribution in [0, 0.1) is 18.7 Å². The average molecular weight is 208 g/mol. The second-order valence-electron chi connectivity index (χ2n) is 4.40. The first-order valence-electron chi connectivity index (χ1n) is 5.64. The summed E-state index contributed by atoms with van der Waals surface area (Å²) in [5.74, 6) is 0.783. The van der Waals surface area contributed by atoms with E-state index in [2.05, 4.69) is 0 Å². The lowest BCUT2D eigenvalue weighted by atomic mass is 10.1. The SMILES string of the molecule is Cc1ccc(F)c(OCC2CCCC2)c1. The van der Waals surface area contributed by atoms with Crippen molar-refractivity contribution in [3.05, 3.63) is 29.6 Å². The molecule has 0 bridgehead atoms. The zero-order valence-electron chi connectivity index (χ0n) is 9.13. The summed E-state index contributed by atoms with van der Waals surface area (Å²) in [6.07, 6.45) is 5.05. The van der Waals surface area contributed by atoms with Gasteiger partial charge in [0.15, 0.2) is 11.6 Å². The minimum absolute atomic E-state index is 0.251. The van der Waals surface area contributed by atoms with E-state index in [0.717, 1.165) is 5.56 Å². The van der Waals surface area contributed by atoms with Gasteiger partial charge in [-0.05, 0) is 43.4 Å². The van der Waals surface area contributed by atoms with Crippen LogP contribution in [-0.2, 0) is 0 Å². The highest BCUT2D eigenvalue weighted by atomic mass is 19.1. The fourth-order valence-electron chi connectivity index (χ4n) is 2.11. The molecule has 0 unspecified atom stereocenters. The van der Waals surface area contributed by atoms with Gasteiger partial charge in [0.2, 0.25) is 0 Å². The predicted octanol–water partition coefficient (Wildman–Crippen LogP) is 3.70. The molecule has 2 heteroatoms. The second kappa shape index (κ2) is 4.65. The lowest BCUT2D eigenvalue weighted by molar-refractivity contribution is 0.242. The van der Waals surface area contributed by atoms with Crippen LogP contribution in [-0.4, -0.2) is 6.61 Å². The molecule has 1 aliphatic rings. The van der Waals surface area contributed by atoms with Crippen LogP contribution in [0.15, 0.2) is 18.2 Å². The largest absolute Gasteiger partial charge is 0.490 e. The number of hydrogen-bond donors (Lipinski definition) is 0. The maximum Gasteiger partial charge on any atom is 0.165 e. The van der Waals surface area contributed by atoms with E-state index < -0.39 is 0 Å². The Bertz CT molecular complexity index is 329. The van der Waals surface area contributed by atoms with E-state index in [1.807, 2.05) is 6.92 Å². The molecule has 1 aromatic rings. The summed E-state index contributed by atoms with van der Waals surface area (Å²) in [7, 11) is 0. The summed E-state index contributed by atoms with van der Waals surface area (Å²) in [4.78, 5) is 0. The third-order valence-corrected chi connectivity index (χ3v) is 3.04. The molecule has 0 N–H and O–H groups in total. The topological polar surface area (TPSA) is 9.23 Å². The minimum atomic E-state index is -0.251. The number of benzene rings is 1. The van der Waals surface area contributed by atoms with E-state index in [1.165, 1.54) is 31.7 Å². The van der Waals surface area contributed by atoms with Gasteiger partial charge in [-0.15, -0.1) is 0 Å². The molecule has 15 heavy (non-hydrogen) atoms. The molecule has 0 saturated heterocycles. The molecule has 0 aromatic heterocycles. The number of aryl methyl sites for hydroxylation is 1. The second-order valence-corrected chi connectivity index (χ2v) is 4.40. The first kappa shape index (κ1) is 10.5. The van der Waals surface area contributed by atoms with Gasteiger partial charge in [-0.2, -0.15) is 0 Å². The van der Waals surface area contributed by atoms with Crippen molar-refractivity contribution < 1.29 is 9.13 Å². The number of halogens is 1. The van der Waals surface area contributed by atoms with Crippen LogP contribution in [0.2, 0.25) is 0 Å². The molecule has 0 heterocycles. The molecule has 1 aromatic carbocycles. The van der Waals surface area contributed by atoms with Gasteiger partial charge in [0.1, 0.15) is 0 Å². The Kier molecular flexibility index (Phi) is 3.24. The third kappa shape index (κ3) is 2.71. The van der Waals surface area contributed by atoms with E-state index >= 15 is 0 Å². The number of rotatable bonds is 3. The van der Waals surface area contributed by atoms with Crippen LogP contribution in [0.3, 0.4) is 0 Å². The number of ether oxygens (including phenoxy) is 1. The Hall–Kier alpha value is -1.05. The van der Waals surface area contributed by atoms with E-state index in [-0.39, 0.29) is 5.82 Å². The van der Waals surface area contributed by atoms with Gasteiger partial charge in [0, 0.05) is 0 Å². The smallest absolute Gasteiger partial charge is 0.165 e. The molecular weight excluding hydrogens is 191 g/mol.